The smallest absolute Gasteiger partial charge is 0.408 e. The van der Waals surface area contributed by atoms with Crippen LogP contribution in [0.5, 0.6) is 0 Å². The number of alkyl carbamates (subject to hydrolysis) is 1. The average Bonchev–Trinajstić information content (AvgIpc) is 2.81. The molecule has 3 amide bonds. The second-order valence-electron chi connectivity index (χ2n) is 10.5. The summed E-state index contributed by atoms with van der Waals surface area (Å²) in [6.07, 6.45) is 4.20. The van der Waals surface area contributed by atoms with Crippen molar-refractivity contribution in [1.29, 1.82) is 0 Å². The number of benzene rings is 1. The molecule has 1 unspecified atom stereocenters. The molecule has 1 rings (SSSR count). The number of carbonyl (C=O) groups is 4. The predicted molar refractivity (Wildman–Crippen MR) is 148 cm³/mol. The van der Waals surface area contributed by atoms with Crippen molar-refractivity contribution < 1.29 is 28.7 Å². The fourth-order valence-electron chi connectivity index (χ4n) is 4.05. The van der Waals surface area contributed by atoms with E-state index in [1.54, 1.807) is 27.7 Å². The highest BCUT2D eigenvalue weighted by Crippen LogP contribution is 2.26. The normalized spacial score (nSPS) is 11.9. The van der Waals surface area contributed by atoms with Gasteiger partial charge >= 0.3 is 12.1 Å². The Labute approximate surface area is 228 Å². The minimum atomic E-state index is -0.920. The molecule has 0 aliphatic carbocycles. The third kappa shape index (κ3) is 12.4. The predicted octanol–water partition coefficient (Wildman–Crippen LogP) is 4.74. The first-order valence-corrected chi connectivity index (χ1v) is 13.7. The Kier molecular flexibility index (Phi) is 14.5. The van der Waals surface area contributed by atoms with E-state index in [1.807, 2.05) is 32.0 Å². The van der Waals surface area contributed by atoms with Gasteiger partial charge in [-0.2, -0.15) is 0 Å². The molecule has 1 atom stereocenters. The molecule has 0 bridgehead atoms. The average molecular weight is 534 g/mol. The lowest BCUT2D eigenvalue weighted by Crippen LogP contribution is -2.48. The largest absolute Gasteiger partial charge is 0.466 e. The minimum absolute atomic E-state index is 0.0321. The van der Waals surface area contributed by atoms with Gasteiger partial charge in [0.05, 0.1) is 13.0 Å². The van der Waals surface area contributed by atoms with Gasteiger partial charge in [-0.05, 0) is 59.1 Å². The van der Waals surface area contributed by atoms with E-state index in [0.29, 0.717) is 12.1 Å². The van der Waals surface area contributed by atoms with Crippen LogP contribution in [-0.4, -0.2) is 60.6 Å². The first-order valence-electron chi connectivity index (χ1n) is 13.7. The van der Waals surface area contributed by atoms with E-state index < -0.39 is 29.6 Å². The van der Waals surface area contributed by atoms with E-state index >= 15 is 0 Å². The molecule has 38 heavy (non-hydrogen) atoms. The van der Waals surface area contributed by atoms with Crippen LogP contribution in [0.3, 0.4) is 0 Å². The Bertz CT molecular complexity index is 925. The summed E-state index contributed by atoms with van der Waals surface area (Å²) in [5.74, 6) is -1.18. The van der Waals surface area contributed by atoms with E-state index in [-0.39, 0.29) is 32.0 Å². The van der Waals surface area contributed by atoms with Crippen molar-refractivity contribution in [3.63, 3.8) is 0 Å². The lowest BCUT2D eigenvalue weighted by atomic mass is 9.96. The molecule has 1 aromatic rings. The molecule has 0 fully saturated rings. The van der Waals surface area contributed by atoms with Gasteiger partial charge in [-0.15, -0.1) is 0 Å². The van der Waals surface area contributed by atoms with E-state index in [9.17, 15) is 19.2 Å². The second-order valence-corrected chi connectivity index (χ2v) is 10.5. The number of carbonyl (C=O) groups excluding carboxylic acids is 4. The van der Waals surface area contributed by atoms with Crippen molar-refractivity contribution in [3.8, 4) is 0 Å². The van der Waals surface area contributed by atoms with Crippen molar-refractivity contribution in [2.24, 2.45) is 0 Å². The first-order chi connectivity index (χ1) is 17.9. The summed E-state index contributed by atoms with van der Waals surface area (Å²) in [4.78, 5) is 52.6. The van der Waals surface area contributed by atoms with E-state index in [2.05, 4.69) is 17.6 Å². The monoisotopic (exact) mass is 533 g/mol. The number of nitrogens with one attached hydrogen (secondary N) is 2. The molecule has 2 N–H and O–H groups in total. The molecule has 0 saturated carbocycles. The van der Waals surface area contributed by atoms with Crippen molar-refractivity contribution >= 4 is 23.9 Å². The summed E-state index contributed by atoms with van der Waals surface area (Å²) in [6.45, 7) is 13.4. The molecule has 0 radical (unpaired) electrons. The van der Waals surface area contributed by atoms with Crippen LogP contribution in [-0.2, 0) is 23.9 Å². The number of amides is 3. The number of esters is 1. The number of nitrogens with zero attached hydrogens (tertiary/aromatic N) is 1. The van der Waals surface area contributed by atoms with Crippen molar-refractivity contribution in [1.82, 2.24) is 15.5 Å². The number of rotatable bonds is 15. The van der Waals surface area contributed by atoms with Crippen molar-refractivity contribution in [2.45, 2.75) is 98.6 Å². The van der Waals surface area contributed by atoms with E-state index in [0.717, 1.165) is 43.2 Å². The second kappa shape index (κ2) is 16.7. The molecule has 214 valence electrons. The summed E-state index contributed by atoms with van der Waals surface area (Å²) >= 11 is 0. The Balaban J connectivity index is 3.22. The highest BCUT2D eigenvalue weighted by Gasteiger charge is 2.32. The molecule has 0 aliphatic rings. The number of hydrogen-bond acceptors (Lipinski definition) is 6. The van der Waals surface area contributed by atoms with Crippen molar-refractivity contribution in [2.75, 3.05) is 26.2 Å². The van der Waals surface area contributed by atoms with Crippen LogP contribution in [0.2, 0.25) is 0 Å². The third-order valence-corrected chi connectivity index (χ3v) is 5.82. The molecule has 0 spiro atoms. The molecular formula is C29H47N3O6. The highest BCUT2D eigenvalue weighted by molar-refractivity contribution is 5.91. The summed E-state index contributed by atoms with van der Waals surface area (Å²) in [5.41, 5.74) is 1.91. The molecule has 1 aromatic carbocycles. The molecule has 9 nitrogen and oxygen atoms in total. The van der Waals surface area contributed by atoms with Gasteiger partial charge in [-0.1, -0.05) is 56.4 Å². The van der Waals surface area contributed by atoms with E-state index in [1.165, 1.54) is 4.90 Å². The van der Waals surface area contributed by atoms with Gasteiger partial charge in [0.1, 0.15) is 18.2 Å². The summed E-state index contributed by atoms with van der Waals surface area (Å²) < 4.78 is 10.2. The fourth-order valence-corrected chi connectivity index (χ4v) is 4.05. The van der Waals surface area contributed by atoms with Gasteiger partial charge in [0, 0.05) is 13.1 Å². The van der Waals surface area contributed by atoms with Gasteiger partial charge < -0.3 is 25.0 Å². The summed E-state index contributed by atoms with van der Waals surface area (Å²) in [5, 5.41) is 5.33. The Hall–Kier alpha value is -3.10. The third-order valence-electron chi connectivity index (χ3n) is 5.82. The highest BCUT2D eigenvalue weighted by atomic mass is 16.6. The zero-order valence-electron chi connectivity index (χ0n) is 24.3. The van der Waals surface area contributed by atoms with Gasteiger partial charge in [-0.25, -0.2) is 4.79 Å². The molecule has 9 heteroatoms. The van der Waals surface area contributed by atoms with Crippen molar-refractivity contribution in [3.05, 3.63) is 34.9 Å². The van der Waals surface area contributed by atoms with Crippen LogP contribution < -0.4 is 10.6 Å². The Morgan fingerprint density at radius 3 is 2.26 bits per heavy atom. The van der Waals surface area contributed by atoms with E-state index in [4.69, 9.17) is 9.47 Å². The summed E-state index contributed by atoms with van der Waals surface area (Å²) in [7, 11) is 0. The molecule has 0 saturated heterocycles. The van der Waals surface area contributed by atoms with Gasteiger partial charge in [0.25, 0.3) is 0 Å². The maximum Gasteiger partial charge on any atom is 0.408 e. The van der Waals surface area contributed by atoms with Crippen LogP contribution in [0.25, 0.3) is 0 Å². The number of ether oxygens (including phenoxy) is 2. The molecular weight excluding hydrogens is 486 g/mol. The maximum atomic E-state index is 13.6. The topological polar surface area (TPSA) is 114 Å². The van der Waals surface area contributed by atoms with Crippen LogP contribution in [0, 0.1) is 13.8 Å². The zero-order chi connectivity index (χ0) is 28.7. The molecule has 0 aromatic heterocycles. The molecule has 0 aliphatic heterocycles. The van der Waals surface area contributed by atoms with Gasteiger partial charge in [0.15, 0.2) is 0 Å². The van der Waals surface area contributed by atoms with Crippen LogP contribution in [0.15, 0.2) is 18.2 Å². The Morgan fingerprint density at radius 2 is 1.66 bits per heavy atom. The lowest BCUT2D eigenvalue weighted by Gasteiger charge is -2.32. The van der Waals surface area contributed by atoms with Crippen LogP contribution >= 0.6 is 0 Å². The fraction of sp³-hybridized carbons (Fsp3) is 0.655. The summed E-state index contributed by atoms with van der Waals surface area (Å²) in [6, 6.07) is 4.82. The SMILES string of the molecule is CCCCCCCN(C(=O)CNC(=O)OC(C)(C)C)C(C(=O)NCCC(=O)OCC)c1ccc(C)cc1C. The maximum absolute atomic E-state index is 13.6. The zero-order valence-corrected chi connectivity index (χ0v) is 24.3. The lowest BCUT2D eigenvalue weighted by molar-refractivity contribution is -0.143. The first kappa shape index (κ1) is 32.9. The molecule has 0 heterocycles. The van der Waals surface area contributed by atoms with Crippen LogP contribution in [0.1, 0.15) is 95.9 Å². The van der Waals surface area contributed by atoms with Crippen LogP contribution in [0.4, 0.5) is 4.79 Å². The Morgan fingerprint density at radius 1 is 0.974 bits per heavy atom. The number of hydrogen-bond donors (Lipinski definition) is 2. The van der Waals surface area contributed by atoms with Gasteiger partial charge in [-0.3, -0.25) is 14.4 Å². The number of aryl methyl sites for hydroxylation is 2. The minimum Gasteiger partial charge on any atom is -0.466 e. The quantitative estimate of drug-likeness (QED) is 0.249. The standard InChI is InChI=1S/C29H47N3O6/c1-8-10-11-12-13-18-32(24(33)20-31-28(36)38-29(5,6)7)26(23-15-14-21(3)19-22(23)4)27(35)30-17-16-25(34)37-9-2/h14-15,19,26H,8-13,16-18,20H2,1-7H3,(H,30,35)(H,31,36). The number of unbranched alkanes of at least 4 members (excludes halogenated alkanes) is 4. The van der Waals surface area contributed by atoms with Gasteiger partial charge in [0.2, 0.25) is 11.8 Å².